The second-order valence-electron chi connectivity index (χ2n) is 4.59. The molecular formula is C10H22N2O3S. The standard InChI is InChI=1S/C10H22N2O3S/c1-8(2)6-16(14,15)7-10(13)12-5-9(3)4-11/h8-9H,4-7,11H2,1-3H3,(H,12,13). The lowest BCUT2D eigenvalue weighted by Gasteiger charge is -2.11. The van der Waals surface area contributed by atoms with Crippen LogP contribution in [0.1, 0.15) is 20.8 Å². The molecule has 5 nitrogen and oxygen atoms in total. The summed E-state index contributed by atoms with van der Waals surface area (Å²) >= 11 is 0. The molecule has 16 heavy (non-hydrogen) atoms. The van der Waals surface area contributed by atoms with Gasteiger partial charge in [-0.3, -0.25) is 4.79 Å². The number of carbonyl (C=O) groups excluding carboxylic acids is 1. The first kappa shape index (κ1) is 15.4. The summed E-state index contributed by atoms with van der Waals surface area (Å²) in [4.78, 5) is 11.3. The maximum Gasteiger partial charge on any atom is 0.235 e. The molecule has 6 heteroatoms. The second kappa shape index (κ2) is 6.85. The van der Waals surface area contributed by atoms with E-state index in [2.05, 4.69) is 5.32 Å². The Morgan fingerprint density at radius 1 is 1.31 bits per heavy atom. The Kier molecular flexibility index (Phi) is 6.59. The van der Waals surface area contributed by atoms with Gasteiger partial charge in [0.15, 0.2) is 9.84 Å². The van der Waals surface area contributed by atoms with E-state index in [4.69, 9.17) is 5.73 Å². The quantitative estimate of drug-likeness (QED) is 0.653. The Bertz CT molecular complexity index is 312. The van der Waals surface area contributed by atoms with Gasteiger partial charge in [0, 0.05) is 6.54 Å². The first-order chi connectivity index (χ1) is 7.26. The summed E-state index contributed by atoms with van der Waals surface area (Å²) < 4.78 is 23.0. The topological polar surface area (TPSA) is 89.3 Å². The summed E-state index contributed by atoms with van der Waals surface area (Å²) in [5, 5.41) is 2.56. The van der Waals surface area contributed by atoms with Gasteiger partial charge in [-0.2, -0.15) is 0 Å². The third kappa shape index (κ3) is 7.64. The summed E-state index contributed by atoms with van der Waals surface area (Å²) in [6, 6.07) is 0. The van der Waals surface area contributed by atoms with E-state index in [1.807, 2.05) is 20.8 Å². The molecule has 1 unspecified atom stereocenters. The number of nitrogens with one attached hydrogen (secondary N) is 1. The molecule has 0 aliphatic rings. The number of hydrogen-bond acceptors (Lipinski definition) is 4. The van der Waals surface area contributed by atoms with Crippen molar-refractivity contribution in [2.24, 2.45) is 17.6 Å². The zero-order valence-corrected chi connectivity index (χ0v) is 11.0. The average Bonchev–Trinajstić information content (AvgIpc) is 2.11. The molecule has 0 aromatic heterocycles. The summed E-state index contributed by atoms with van der Waals surface area (Å²) in [5.41, 5.74) is 5.38. The predicted molar refractivity (Wildman–Crippen MR) is 64.7 cm³/mol. The molecule has 0 saturated heterocycles. The van der Waals surface area contributed by atoms with E-state index in [1.165, 1.54) is 0 Å². The highest BCUT2D eigenvalue weighted by Gasteiger charge is 2.18. The fraction of sp³-hybridized carbons (Fsp3) is 0.900. The van der Waals surface area contributed by atoms with Crippen LogP contribution in [0.15, 0.2) is 0 Å². The lowest BCUT2D eigenvalue weighted by molar-refractivity contribution is -0.118. The van der Waals surface area contributed by atoms with Gasteiger partial charge in [0.1, 0.15) is 5.75 Å². The number of sulfone groups is 1. The monoisotopic (exact) mass is 250 g/mol. The molecule has 0 saturated carbocycles. The SMILES string of the molecule is CC(C)CS(=O)(=O)CC(=O)NCC(C)CN. The van der Waals surface area contributed by atoms with E-state index in [0.29, 0.717) is 13.1 Å². The molecule has 0 aromatic rings. The number of rotatable bonds is 7. The van der Waals surface area contributed by atoms with Gasteiger partial charge >= 0.3 is 0 Å². The van der Waals surface area contributed by atoms with Gasteiger partial charge in [-0.1, -0.05) is 20.8 Å². The normalized spacial score (nSPS) is 13.8. The van der Waals surface area contributed by atoms with Gasteiger partial charge in [-0.25, -0.2) is 8.42 Å². The fourth-order valence-electron chi connectivity index (χ4n) is 1.19. The van der Waals surface area contributed by atoms with Crippen molar-refractivity contribution >= 4 is 15.7 Å². The number of nitrogens with two attached hydrogens (primary N) is 1. The van der Waals surface area contributed by atoms with Crippen molar-refractivity contribution in [3.63, 3.8) is 0 Å². The van der Waals surface area contributed by atoms with Crippen molar-refractivity contribution in [3.8, 4) is 0 Å². The highest BCUT2D eigenvalue weighted by molar-refractivity contribution is 7.92. The molecule has 0 spiro atoms. The zero-order valence-electron chi connectivity index (χ0n) is 10.2. The van der Waals surface area contributed by atoms with Crippen LogP contribution in [-0.4, -0.2) is 38.9 Å². The van der Waals surface area contributed by atoms with Gasteiger partial charge in [-0.15, -0.1) is 0 Å². The Balaban J connectivity index is 4.05. The Morgan fingerprint density at radius 3 is 2.31 bits per heavy atom. The summed E-state index contributed by atoms with van der Waals surface area (Å²) in [7, 11) is -3.28. The predicted octanol–water partition coefficient (Wildman–Crippen LogP) is -0.232. The van der Waals surface area contributed by atoms with Crippen LogP contribution in [0.3, 0.4) is 0 Å². The molecule has 0 aliphatic carbocycles. The van der Waals surface area contributed by atoms with E-state index in [1.54, 1.807) is 0 Å². The van der Waals surface area contributed by atoms with Crippen molar-refractivity contribution in [1.82, 2.24) is 5.32 Å². The van der Waals surface area contributed by atoms with Crippen LogP contribution in [0.2, 0.25) is 0 Å². The van der Waals surface area contributed by atoms with Gasteiger partial charge in [0.05, 0.1) is 5.75 Å². The largest absolute Gasteiger partial charge is 0.355 e. The van der Waals surface area contributed by atoms with Crippen LogP contribution in [-0.2, 0) is 14.6 Å². The smallest absolute Gasteiger partial charge is 0.235 e. The minimum Gasteiger partial charge on any atom is -0.355 e. The van der Waals surface area contributed by atoms with Crippen LogP contribution in [0.25, 0.3) is 0 Å². The average molecular weight is 250 g/mol. The fourth-order valence-corrected chi connectivity index (χ4v) is 2.82. The van der Waals surface area contributed by atoms with Crippen LogP contribution in [0, 0.1) is 11.8 Å². The molecule has 96 valence electrons. The second-order valence-corrected chi connectivity index (χ2v) is 6.70. The first-order valence-electron chi connectivity index (χ1n) is 5.44. The van der Waals surface area contributed by atoms with Gasteiger partial charge in [0.2, 0.25) is 5.91 Å². The lowest BCUT2D eigenvalue weighted by atomic mass is 10.2. The highest BCUT2D eigenvalue weighted by Crippen LogP contribution is 2.00. The molecule has 0 aliphatic heterocycles. The summed E-state index contributed by atoms with van der Waals surface area (Å²) in [6.07, 6.45) is 0. The molecule has 0 aromatic carbocycles. The molecule has 0 fully saturated rings. The molecule has 1 amide bonds. The van der Waals surface area contributed by atoms with E-state index in [0.717, 1.165) is 0 Å². The first-order valence-corrected chi connectivity index (χ1v) is 7.26. The molecule has 0 radical (unpaired) electrons. The van der Waals surface area contributed by atoms with Crippen molar-refractivity contribution in [2.45, 2.75) is 20.8 Å². The Morgan fingerprint density at radius 2 is 1.88 bits per heavy atom. The molecular weight excluding hydrogens is 228 g/mol. The molecule has 0 heterocycles. The third-order valence-electron chi connectivity index (χ3n) is 1.99. The summed E-state index contributed by atoms with van der Waals surface area (Å²) in [5.74, 6) is -0.617. The van der Waals surface area contributed by atoms with Crippen LogP contribution >= 0.6 is 0 Å². The number of hydrogen-bond donors (Lipinski definition) is 2. The maximum atomic E-state index is 11.5. The van der Waals surface area contributed by atoms with Crippen LogP contribution < -0.4 is 11.1 Å². The van der Waals surface area contributed by atoms with Gasteiger partial charge in [-0.05, 0) is 18.4 Å². The number of amides is 1. The Labute approximate surface area is 97.7 Å². The van der Waals surface area contributed by atoms with Crippen LogP contribution in [0.4, 0.5) is 0 Å². The molecule has 3 N–H and O–H groups in total. The molecule has 0 rings (SSSR count). The third-order valence-corrected chi connectivity index (χ3v) is 3.86. The highest BCUT2D eigenvalue weighted by atomic mass is 32.2. The maximum absolute atomic E-state index is 11.5. The molecule has 0 bridgehead atoms. The summed E-state index contributed by atoms with van der Waals surface area (Å²) in [6.45, 7) is 6.41. The van der Waals surface area contributed by atoms with Crippen molar-refractivity contribution in [3.05, 3.63) is 0 Å². The Hall–Kier alpha value is -0.620. The van der Waals surface area contributed by atoms with E-state index < -0.39 is 21.5 Å². The van der Waals surface area contributed by atoms with Gasteiger partial charge in [0.25, 0.3) is 0 Å². The van der Waals surface area contributed by atoms with E-state index in [-0.39, 0.29) is 17.6 Å². The van der Waals surface area contributed by atoms with E-state index in [9.17, 15) is 13.2 Å². The van der Waals surface area contributed by atoms with Crippen molar-refractivity contribution in [1.29, 1.82) is 0 Å². The van der Waals surface area contributed by atoms with Crippen molar-refractivity contribution < 1.29 is 13.2 Å². The van der Waals surface area contributed by atoms with E-state index >= 15 is 0 Å². The van der Waals surface area contributed by atoms with Crippen molar-refractivity contribution in [2.75, 3.05) is 24.6 Å². The minimum atomic E-state index is -3.28. The van der Waals surface area contributed by atoms with Crippen LogP contribution in [0.5, 0.6) is 0 Å². The lowest BCUT2D eigenvalue weighted by Crippen LogP contribution is -2.36. The molecule has 1 atom stereocenters. The zero-order chi connectivity index (χ0) is 12.8. The van der Waals surface area contributed by atoms with Gasteiger partial charge < -0.3 is 11.1 Å². The number of carbonyl (C=O) groups is 1. The minimum absolute atomic E-state index is 0.0424.